The summed E-state index contributed by atoms with van der Waals surface area (Å²) < 4.78 is 15.9. The molecule has 3 rings (SSSR count). The molecule has 0 aliphatic heterocycles. The van der Waals surface area contributed by atoms with Gasteiger partial charge in [-0.15, -0.1) is 0 Å². The minimum Gasteiger partial charge on any atom is -0.493 e. The first kappa shape index (κ1) is 19.4. The summed E-state index contributed by atoms with van der Waals surface area (Å²) in [6.45, 7) is 2.11. The molecular formula is C19H24N5O4+. The predicted molar refractivity (Wildman–Crippen MR) is 103 cm³/mol. The van der Waals surface area contributed by atoms with Crippen molar-refractivity contribution >= 4 is 22.9 Å². The third-order valence-corrected chi connectivity index (χ3v) is 4.29. The van der Waals surface area contributed by atoms with Crippen LogP contribution in [0.1, 0.15) is 35.9 Å². The van der Waals surface area contributed by atoms with Gasteiger partial charge in [0.2, 0.25) is 17.1 Å². The molecule has 0 atom stereocenters. The number of benzene rings is 1. The van der Waals surface area contributed by atoms with Crippen LogP contribution in [-0.4, -0.2) is 42.2 Å². The average molecular weight is 386 g/mol. The quantitative estimate of drug-likeness (QED) is 0.615. The molecule has 0 saturated carbocycles. The van der Waals surface area contributed by atoms with Crippen LogP contribution in [0, 0.1) is 0 Å². The lowest BCUT2D eigenvalue weighted by atomic mass is 10.1. The second-order valence-corrected chi connectivity index (χ2v) is 6.12. The molecule has 0 saturated heterocycles. The predicted octanol–water partition coefficient (Wildman–Crippen LogP) is 2.39. The highest BCUT2D eigenvalue weighted by molar-refractivity contribution is 6.07. The Balaban J connectivity index is 1.96. The van der Waals surface area contributed by atoms with Gasteiger partial charge in [0.15, 0.2) is 23.6 Å². The number of amides is 1. The zero-order valence-corrected chi connectivity index (χ0v) is 16.4. The van der Waals surface area contributed by atoms with Gasteiger partial charge in [-0.05, 0) is 18.6 Å². The van der Waals surface area contributed by atoms with Gasteiger partial charge in [-0.1, -0.05) is 18.3 Å². The van der Waals surface area contributed by atoms with E-state index < -0.39 is 0 Å². The minimum atomic E-state index is -0.352. The summed E-state index contributed by atoms with van der Waals surface area (Å²) in [4.78, 5) is 27.9. The van der Waals surface area contributed by atoms with Gasteiger partial charge in [0, 0.05) is 12.0 Å². The Labute approximate surface area is 162 Å². The number of nitrogens with one attached hydrogen (secondary N) is 3. The van der Waals surface area contributed by atoms with Crippen molar-refractivity contribution in [2.75, 3.05) is 26.6 Å². The summed E-state index contributed by atoms with van der Waals surface area (Å²) in [6, 6.07) is 3.18. The maximum absolute atomic E-state index is 12.9. The molecule has 148 valence electrons. The Morgan fingerprint density at radius 3 is 2.46 bits per heavy atom. The number of fused-ring (bicyclic) bond motifs is 1. The number of aromatic amines is 2. The van der Waals surface area contributed by atoms with E-state index in [1.165, 1.54) is 21.3 Å². The highest BCUT2D eigenvalue weighted by Gasteiger charge is 2.21. The first-order valence-electron chi connectivity index (χ1n) is 8.98. The summed E-state index contributed by atoms with van der Waals surface area (Å²) in [5, 5.41) is 2.85. The molecule has 1 amide bonds. The maximum atomic E-state index is 12.9. The van der Waals surface area contributed by atoms with Crippen LogP contribution in [0.5, 0.6) is 17.2 Å². The molecule has 1 aromatic carbocycles. The number of H-pyrrole nitrogens is 2. The number of rotatable bonds is 8. The number of carbonyl (C=O) groups is 1. The average Bonchev–Trinajstić information content (AvgIpc) is 3.19. The lowest BCUT2D eigenvalue weighted by Crippen LogP contribution is -2.15. The van der Waals surface area contributed by atoms with Crippen LogP contribution in [0.15, 0.2) is 18.5 Å². The highest BCUT2D eigenvalue weighted by Crippen LogP contribution is 2.38. The number of imidazole rings is 1. The SMILES string of the molecule is CCCCc1nc(NC(=O)c2cc(OC)c(OC)c(OC)c2)c2[nH]c[nH+]c2n1. The van der Waals surface area contributed by atoms with E-state index in [0.29, 0.717) is 45.6 Å². The maximum Gasteiger partial charge on any atom is 0.305 e. The van der Waals surface area contributed by atoms with Crippen LogP contribution in [0.4, 0.5) is 5.82 Å². The first-order valence-corrected chi connectivity index (χ1v) is 8.98. The van der Waals surface area contributed by atoms with Gasteiger partial charge >= 0.3 is 5.65 Å². The molecule has 2 heterocycles. The van der Waals surface area contributed by atoms with Gasteiger partial charge < -0.3 is 19.5 Å². The van der Waals surface area contributed by atoms with Crippen LogP contribution in [0.25, 0.3) is 11.2 Å². The molecule has 0 fully saturated rings. The molecule has 0 spiro atoms. The second kappa shape index (κ2) is 8.55. The molecule has 0 aliphatic rings. The van der Waals surface area contributed by atoms with Gasteiger partial charge in [0.25, 0.3) is 5.91 Å². The number of nitrogens with zero attached hydrogens (tertiary/aromatic N) is 2. The lowest BCUT2D eigenvalue weighted by molar-refractivity contribution is -0.347. The number of anilines is 1. The largest absolute Gasteiger partial charge is 0.493 e. The van der Waals surface area contributed by atoms with Crippen LogP contribution in [0.3, 0.4) is 0 Å². The molecule has 9 nitrogen and oxygen atoms in total. The molecular weight excluding hydrogens is 362 g/mol. The third-order valence-electron chi connectivity index (χ3n) is 4.29. The van der Waals surface area contributed by atoms with Gasteiger partial charge in [-0.3, -0.25) is 9.78 Å². The molecule has 0 bridgehead atoms. The summed E-state index contributed by atoms with van der Waals surface area (Å²) in [7, 11) is 4.51. The van der Waals surface area contributed by atoms with Crippen molar-refractivity contribution in [1.82, 2.24) is 15.0 Å². The number of aromatic nitrogens is 4. The molecule has 0 aliphatic carbocycles. The van der Waals surface area contributed by atoms with Crippen molar-refractivity contribution in [1.29, 1.82) is 0 Å². The third kappa shape index (κ3) is 3.83. The Hall–Kier alpha value is -3.36. The van der Waals surface area contributed by atoms with E-state index in [0.717, 1.165) is 19.3 Å². The van der Waals surface area contributed by atoms with E-state index in [9.17, 15) is 4.79 Å². The summed E-state index contributed by atoms with van der Waals surface area (Å²) in [5.41, 5.74) is 1.62. The summed E-state index contributed by atoms with van der Waals surface area (Å²) in [6.07, 6.45) is 4.39. The summed E-state index contributed by atoms with van der Waals surface area (Å²) >= 11 is 0. The fourth-order valence-electron chi connectivity index (χ4n) is 2.85. The minimum absolute atomic E-state index is 0.352. The monoisotopic (exact) mass is 386 g/mol. The smallest absolute Gasteiger partial charge is 0.305 e. The molecule has 0 radical (unpaired) electrons. The fraction of sp³-hybridized carbons (Fsp3) is 0.368. The molecule has 9 heteroatoms. The van der Waals surface area contributed by atoms with E-state index in [-0.39, 0.29) is 5.91 Å². The Bertz CT molecular complexity index is 961. The van der Waals surface area contributed by atoms with Crippen molar-refractivity contribution in [2.45, 2.75) is 26.2 Å². The van der Waals surface area contributed by atoms with Crippen molar-refractivity contribution in [3.8, 4) is 17.2 Å². The van der Waals surface area contributed by atoms with Crippen molar-refractivity contribution < 1.29 is 24.0 Å². The number of hydrogen-bond donors (Lipinski definition) is 2. The van der Waals surface area contributed by atoms with E-state index in [1.54, 1.807) is 18.5 Å². The van der Waals surface area contributed by atoms with Crippen molar-refractivity contribution in [3.05, 3.63) is 29.8 Å². The number of ether oxygens (including phenoxy) is 3. The number of unbranched alkanes of at least 4 members (excludes halogenated alkanes) is 1. The molecule has 0 unspecified atom stereocenters. The van der Waals surface area contributed by atoms with Crippen LogP contribution >= 0.6 is 0 Å². The van der Waals surface area contributed by atoms with Crippen LogP contribution in [-0.2, 0) is 6.42 Å². The first-order chi connectivity index (χ1) is 13.6. The van der Waals surface area contributed by atoms with Gasteiger partial charge in [0.05, 0.1) is 21.3 Å². The highest BCUT2D eigenvalue weighted by atomic mass is 16.5. The zero-order valence-electron chi connectivity index (χ0n) is 16.4. The van der Waals surface area contributed by atoms with Crippen molar-refractivity contribution in [2.24, 2.45) is 0 Å². The van der Waals surface area contributed by atoms with Gasteiger partial charge in [0.1, 0.15) is 0 Å². The van der Waals surface area contributed by atoms with E-state index in [1.807, 2.05) is 0 Å². The standard InChI is InChI=1S/C19H23N5O4/c1-5-6-7-14-22-17-15(20-10-21-17)18(23-14)24-19(25)11-8-12(26-2)16(28-4)13(9-11)27-3/h8-10H,5-7H2,1-4H3,(H2,20,21,22,23,24,25)/p+1. The Kier molecular flexibility index (Phi) is 5.93. The molecule has 3 N–H and O–H groups in total. The van der Waals surface area contributed by atoms with E-state index in [4.69, 9.17) is 14.2 Å². The van der Waals surface area contributed by atoms with Gasteiger partial charge in [-0.2, -0.15) is 4.98 Å². The molecule has 3 aromatic rings. The summed E-state index contributed by atoms with van der Waals surface area (Å²) in [5.74, 6) is 1.96. The normalized spacial score (nSPS) is 10.7. The second-order valence-electron chi connectivity index (χ2n) is 6.12. The van der Waals surface area contributed by atoms with Crippen LogP contribution < -0.4 is 24.5 Å². The van der Waals surface area contributed by atoms with Gasteiger partial charge in [-0.25, -0.2) is 4.98 Å². The topological polar surface area (TPSA) is 112 Å². The zero-order chi connectivity index (χ0) is 20.1. The Morgan fingerprint density at radius 2 is 1.86 bits per heavy atom. The molecule has 2 aromatic heterocycles. The number of hydrogen-bond acceptors (Lipinski definition) is 6. The molecule has 28 heavy (non-hydrogen) atoms. The number of aryl methyl sites for hydroxylation is 1. The van der Waals surface area contributed by atoms with E-state index >= 15 is 0 Å². The number of carbonyl (C=O) groups excluding carboxylic acids is 1. The van der Waals surface area contributed by atoms with Crippen molar-refractivity contribution in [3.63, 3.8) is 0 Å². The Morgan fingerprint density at radius 1 is 1.14 bits per heavy atom. The lowest BCUT2D eigenvalue weighted by Gasteiger charge is -2.14. The number of methoxy groups -OCH3 is 3. The fourth-order valence-corrected chi connectivity index (χ4v) is 2.85. The van der Waals surface area contributed by atoms with Crippen LogP contribution in [0.2, 0.25) is 0 Å². The van der Waals surface area contributed by atoms with E-state index in [2.05, 4.69) is 32.2 Å².